The first-order chi connectivity index (χ1) is 7.15. The highest BCUT2D eigenvalue weighted by atomic mass is 16.3. The monoisotopic (exact) mass is 209 g/mol. The number of aromatic hydroxyl groups is 2. The van der Waals surface area contributed by atoms with Crippen molar-refractivity contribution in [2.24, 2.45) is 0 Å². The van der Waals surface area contributed by atoms with Crippen molar-refractivity contribution in [1.29, 1.82) is 0 Å². The Bertz CT molecular complexity index is 354. The molecule has 4 heteroatoms. The summed E-state index contributed by atoms with van der Waals surface area (Å²) in [7, 11) is 0. The summed E-state index contributed by atoms with van der Waals surface area (Å²) < 4.78 is 0. The number of aliphatic hydroxyl groups is 1. The third-order valence-corrected chi connectivity index (χ3v) is 2.71. The number of phenols is 2. The van der Waals surface area contributed by atoms with Crippen LogP contribution in [-0.2, 0) is 6.54 Å². The van der Waals surface area contributed by atoms with E-state index in [1.165, 1.54) is 6.07 Å². The summed E-state index contributed by atoms with van der Waals surface area (Å²) in [6, 6.07) is 4.60. The summed E-state index contributed by atoms with van der Waals surface area (Å²) in [6.07, 6.45) is 0.544. The van der Waals surface area contributed by atoms with E-state index >= 15 is 0 Å². The van der Waals surface area contributed by atoms with E-state index in [0.29, 0.717) is 13.1 Å². The van der Waals surface area contributed by atoms with Crippen LogP contribution in [0, 0.1) is 0 Å². The first kappa shape index (κ1) is 10.3. The van der Waals surface area contributed by atoms with Crippen LogP contribution in [0.4, 0.5) is 0 Å². The Morgan fingerprint density at radius 1 is 1.33 bits per heavy atom. The first-order valence-corrected chi connectivity index (χ1v) is 5.06. The minimum absolute atomic E-state index is 0.0673. The lowest BCUT2D eigenvalue weighted by molar-refractivity contribution is 0.174. The maximum atomic E-state index is 9.57. The van der Waals surface area contributed by atoms with Crippen molar-refractivity contribution < 1.29 is 15.3 Å². The molecule has 4 nitrogen and oxygen atoms in total. The SMILES string of the molecule is Oc1ccc(CN2CC[C@H](O)C2)c(O)c1. The predicted octanol–water partition coefficient (Wildman–Crippen LogP) is 0.664. The fraction of sp³-hybridized carbons (Fsp3) is 0.455. The minimum atomic E-state index is -0.246. The van der Waals surface area contributed by atoms with E-state index in [0.717, 1.165) is 18.5 Å². The first-order valence-electron chi connectivity index (χ1n) is 5.06. The predicted molar refractivity (Wildman–Crippen MR) is 55.7 cm³/mol. The van der Waals surface area contributed by atoms with Crippen LogP contribution < -0.4 is 0 Å². The van der Waals surface area contributed by atoms with Gasteiger partial charge in [-0.1, -0.05) is 6.07 Å². The molecule has 0 amide bonds. The molecule has 1 atom stereocenters. The highest BCUT2D eigenvalue weighted by Crippen LogP contribution is 2.24. The van der Waals surface area contributed by atoms with Gasteiger partial charge in [0.15, 0.2) is 0 Å². The van der Waals surface area contributed by atoms with E-state index in [2.05, 4.69) is 4.90 Å². The minimum Gasteiger partial charge on any atom is -0.508 e. The molecule has 0 saturated carbocycles. The van der Waals surface area contributed by atoms with Gasteiger partial charge in [0.05, 0.1) is 6.10 Å². The summed E-state index contributed by atoms with van der Waals surface area (Å²) >= 11 is 0. The van der Waals surface area contributed by atoms with Crippen molar-refractivity contribution in [2.75, 3.05) is 13.1 Å². The van der Waals surface area contributed by atoms with Gasteiger partial charge in [-0.05, 0) is 12.5 Å². The van der Waals surface area contributed by atoms with Gasteiger partial charge in [-0.15, -0.1) is 0 Å². The molecule has 1 aromatic rings. The Labute approximate surface area is 88.4 Å². The smallest absolute Gasteiger partial charge is 0.123 e. The Kier molecular flexibility index (Phi) is 2.79. The highest BCUT2D eigenvalue weighted by molar-refractivity contribution is 5.38. The van der Waals surface area contributed by atoms with Crippen LogP contribution in [0.15, 0.2) is 18.2 Å². The third-order valence-electron chi connectivity index (χ3n) is 2.71. The number of benzene rings is 1. The largest absolute Gasteiger partial charge is 0.508 e. The molecule has 1 saturated heterocycles. The molecule has 1 aliphatic rings. The van der Waals surface area contributed by atoms with Crippen LogP contribution in [0.1, 0.15) is 12.0 Å². The molecular weight excluding hydrogens is 194 g/mol. The molecule has 15 heavy (non-hydrogen) atoms. The van der Waals surface area contributed by atoms with Gasteiger partial charge in [-0.25, -0.2) is 0 Å². The second-order valence-corrected chi connectivity index (χ2v) is 3.99. The topological polar surface area (TPSA) is 63.9 Å². The summed E-state index contributed by atoms with van der Waals surface area (Å²) in [5.41, 5.74) is 0.780. The van der Waals surface area contributed by atoms with E-state index in [1.54, 1.807) is 12.1 Å². The van der Waals surface area contributed by atoms with Crippen molar-refractivity contribution in [3.05, 3.63) is 23.8 Å². The number of nitrogens with zero attached hydrogens (tertiary/aromatic N) is 1. The van der Waals surface area contributed by atoms with Crippen LogP contribution in [0.3, 0.4) is 0 Å². The zero-order chi connectivity index (χ0) is 10.8. The fourth-order valence-electron chi connectivity index (χ4n) is 1.88. The molecule has 3 N–H and O–H groups in total. The van der Waals surface area contributed by atoms with Gasteiger partial charge in [0.1, 0.15) is 11.5 Å². The average molecular weight is 209 g/mol. The number of aliphatic hydroxyl groups excluding tert-OH is 1. The summed E-state index contributed by atoms with van der Waals surface area (Å²) in [5, 5.41) is 28.0. The molecule has 82 valence electrons. The van der Waals surface area contributed by atoms with Gasteiger partial charge in [0, 0.05) is 31.3 Å². The maximum absolute atomic E-state index is 9.57. The average Bonchev–Trinajstić information content (AvgIpc) is 2.56. The van der Waals surface area contributed by atoms with Gasteiger partial charge in [0.2, 0.25) is 0 Å². The molecule has 0 aromatic heterocycles. The van der Waals surface area contributed by atoms with Crippen molar-refractivity contribution in [1.82, 2.24) is 4.90 Å². The number of phenolic OH excluding ortho intramolecular Hbond substituents is 2. The summed E-state index contributed by atoms with van der Waals surface area (Å²) in [4.78, 5) is 2.08. The standard InChI is InChI=1S/C11H15NO3/c13-9-2-1-8(11(15)5-9)6-12-4-3-10(14)7-12/h1-2,5,10,13-15H,3-4,6-7H2/t10-/m0/s1. The normalized spacial score (nSPS) is 22.1. The van der Waals surface area contributed by atoms with E-state index in [1.807, 2.05) is 0 Å². The van der Waals surface area contributed by atoms with E-state index in [9.17, 15) is 10.2 Å². The van der Waals surface area contributed by atoms with Gasteiger partial charge < -0.3 is 15.3 Å². The molecule has 0 spiro atoms. The number of β-amino-alcohol motifs (C(OH)–C–C–N with tert-alkyl or cyclic N) is 1. The molecule has 0 aliphatic carbocycles. The number of hydrogen-bond acceptors (Lipinski definition) is 4. The maximum Gasteiger partial charge on any atom is 0.123 e. The molecule has 0 bridgehead atoms. The lowest BCUT2D eigenvalue weighted by atomic mass is 10.2. The van der Waals surface area contributed by atoms with E-state index in [-0.39, 0.29) is 17.6 Å². The number of likely N-dealkylation sites (tertiary alicyclic amines) is 1. The van der Waals surface area contributed by atoms with E-state index in [4.69, 9.17) is 5.11 Å². The van der Waals surface area contributed by atoms with Crippen molar-refractivity contribution >= 4 is 0 Å². The van der Waals surface area contributed by atoms with Crippen LogP contribution >= 0.6 is 0 Å². The van der Waals surface area contributed by atoms with Crippen LogP contribution in [-0.4, -0.2) is 39.4 Å². The highest BCUT2D eigenvalue weighted by Gasteiger charge is 2.20. The second-order valence-electron chi connectivity index (χ2n) is 3.99. The quantitative estimate of drug-likeness (QED) is 0.669. The Morgan fingerprint density at radius 3 is 2.73 bits per heavy atom. The lowest BCUT2D eigenvalue weighted by Crippen LogP contribution is -2.21. The molecule has 2 rings (SSSR count). The van der Waals surface area contributed by atoms with Gasteiger partial charge in [0.25, 0.3) is 0 Å². The molecular formula is C11H15NO3. The zero-order valence-electron chi connectivity index (χ0n) is 8.43. The van der Waals surface area contributed by atoms with Gasteiger partial charge in [-0.3, -0.25) is 4.90 Å². The lowest BCUT2D eigenvalue weighted by Gasteiger charge is -2.15. The molecule has 0 radical (unpaired) electrons. The van der Waals surface area contributed by atoms with Crippen molar-refractivity contribution in [3.8, 4) is 11.5 Å². The number of hydrogen-bond donors (Lipinski definition) is 3. The third kappa shape index (κ3) is 2.40. The molecule has 1 heterocycles. The molecule has 1 aliphatic heterocycles. The number of rotatable bonds is 2. The molecule has 1 fully saturated rings. The summed E-state index contributed by atoms with van der Waals surface area (Å²) in [5.74, 6) is 0.175. The molecule has 0 unspecified atom stereocenters. The fourth-order valence-corrected chi connectivity index (χ4v) is 1.88. The van der Waals surface area contributed by atoms with E-state index < -0.39 is 0 Å². The Balaban J connectivity index is 2.04. The van der Waals surface area contributed by atoms with Crippen LogP contribution in [0.5, 0.6) is 11.5 Å². The van der Waals surface area contributed by atoms with Crippen molar-refractivity contribution in [2.45, 2.75) is 19.1 Å². The summed E-state index contributed by atoms with van der Waals surface area (Å²) in [6.45, 7) is 2.12. The zero-order valence-corrected chi connectivity index (χ0v) is 8.43. The van der Waals surface area contributed by atoms with Crippen molar-refractivity contribution in [3.63, 3.8) is 0 Å². The second kappa shape index (κ2) is 4.08. The van der Waals surface area contributed by atoms with Crippen LogP contribution in [0.25, 0.3) is 0 Å². The Hall–Kier alpha value is -1.26. The Morgan fingerprint density at radius 2 is 2.13 bits per heavy atom. The van der Waals surface area contributed by atoms with Gasteiger partial charge >= 0.3 is 0 Å². The molecule has 1 aromatic carbocycles. The van der Waals surface area contributed by atoms with Crippen LogP contribution in [0.2, 0.25) is 0 Å². The van der Waals surface area contributed by atoms with Gasteiger partial charge in [-0.2, -0.15) is 0 Å².